The van der Waals surface area contributed by atoms with Crippen molar-refractivity contribution in [2.45, 2.75) is 58.7 Å². The molecule has 0 spiro atoms. The molecule has 0 saturated carbocycles. The van der Waals surface area contributed by atoms with Crippen LogP contribution in [-0.4, -0.2) is 90.3 Å². The normalized spacial score (nSPS) is 17.9. The number of hydrogen-bond acceptors (Lipinski definition) is 7. The quantitative estimate of drug-likeness (QED) is 0.403. The number of rotatable bonds is 7. The Bertz CT molecular complexity index is 1500. The number of nitrogens with zero attached hydrogens (tertiary/aromatic N) is 4. The maximum absolute atomic E-state index is 12.4. The van der Waals surface area contributed by atoms with Crippen LogP contribution in [0.3, 0.4) is 0 Å². The van der Waals surface area contributed by atoms with Crippen molar-refractivity contribution in [1.82, 2.24) is 19.1 Å². The summed E-state index contributed by atoms with van der Waals surface area (Å²) in [6.45, 7) is 12.2. The number of amides is 1. The molecule has 0 radical (unpaired) electrons. The van der Waals surface area contributed by atoms with Crippen molar-refractivity contribution in [2.24, 2.45) is 0 Å². The fourth-order valence-electron chi connectivity index (χ4n) is 5.69. The van der Waals surface area contributed by atoms with Crippen LogP contribution in [0.25, 0.3) is 21.9 Å². The van der Waals surface area contributed by atoms with Crippen LogP contribution >= 0.6 is 0 Å². The second kappa shape index (κ2) is 12.6. The van der Waals surface area contributed by atoms with Gasteiger partial charge in [-0.2, -0.15) is 0 Å². The molecule has 3 heterocycles. The van der Waals surface area contributed by atoms with Crippen LogP contribution in [0.15, 0.2) is 54.9 Å². The highest BCUT2D eigenvalue weighted by atomic mass is 32.2. The number of carbonyl (C=O) groups is 1. The lowest BCUT2D eigenvalue weighted by Crippen LogP contribution is -2.49. The standard InChI is InChI=1S/C32H43N5O4S/c1-5-42(39,40)37-13-10-28(11-14-37)34-30-21-27(20-26-9-12-33-22-29(26)30)25-8-6-7-24(19-25)23-35-15-17-36(18-16-35)31(38)41-32(2,3)4/h6-9,12,19-22,28,34H,5,10-11,13-18,23H2,1-4H3. The minimum atomic E-state index is -3.15. The largest absolute Gasteiger partial charge is 0.444 e. The van der Waals surface area contributed by atoms with Gasteiger partial charge in [0, 0.05) is 75.3 Å². The van der Waals surface area contributed by atoms with Gasteiger partial charge in [-0.1, -0.05) is 18.2 Å². The molecule has 5 rings (SSSR count). The summed E-state index contributed by atoms with van der Waals surface area (Å²) in [5.74, 6) is 0.144. The van der Waals surface area contributed by atoms with E-state index in [0.29, 0.717) is 26.2 Å². The van der Waals surface area contributed by atoms with E-state index in [1.165, 1.54) is 5.56 Å². The first-order chi connectivity index (χ1) is 20.0. The van der Waals surface area contributed by atoms with E-state index < -0.39 is 15.6 Å². The Labute approximate surface area is 249 Å². The number of nitrogens with one attached hydrogen (secondary N) is 1. The van der Waals surface area contributed by atoms with Gasteiger partial charge in [0.25, 0.3) is 0 Å². The maximum Gasteiger partial charge on any atom is 0.410 e. The van der Waals surface area contributed by atoms with Crippen LogP contribution in [0.2, 0.25) is 0 Å². The van der Waals surface area contributed by atoms with Crippen LogP contribution in [0, 0.1) is 0 Å². The summed E-state index contributed by atoms with van der Waals surface area (Å²) in [6, 6.07) is 15.3. The summed E-state index contributed by atoms with van der Waals surface area (Å²) in [4.78, 5) is 21.0. The summed E-state index contributed by atoms with van der Waals surface area (Å²) >= 11 is 0. The van der Waals surface area contributed by atoms with Crippen LogP contribution in [0.5, 0.6) is 0 Å². The fraction of sp³-hybridized carbons (Fsp3) is 0.500. The summed E-state index contributed by atoms with van der Waals surface area (Å²) in [5, 5.41) is 5.89. The topological polar surface area (TPSA) is 95.1 Å². The average Bonchev–Trinajstić information content (AvgIpc) is 2.97. The Morgan fingerprint density at radius 1 is 1.00 bits per heavy atom. The monoisotopic (exact) mass is 593 g/mol. The van der Waals surface area contributed by atoms with E-state index in [0.717, 1.165) is 60.1 Å². The lowest BCUT2D eigenvalue weighted by molar-refractivity contribution is 0.0139. The summed E-state index contributed by atoms with van der Waals surface area (Å²) in [6.07, 6.45) is 5.00. The van der Waals surface area contributed by atoms with Crippen molar-refractivity contribution in [1.29, 1.82) is 0 Å². The van der Waals surface area contributed by atoms with Gasteiger partial charge in [-0.05, 0) is 86.9 Å². The Hall–Kier alpha value is -3.21. The zero-order valence-electron chi connectivity index (χ0n) is 25.2. The van der Waals surface area contributed by atoms with Gasteiger partial charge in [0.1, 0.15) is 5.60 Å². The minimum Gasteiger partial charge on any atom is -0.444 e. The van der Waals surface area contributed by atoms with Gasteiger partial charge in [-0.15, -0.1) is 0 Å². The van der Waals surface area contributed by atoms with Crippen LogP contribution in [0.1, 0.15) is 46.1 Å². The number of ether oxygens (including phenoxy) is 1. The molecule has 2 aliphatic rings. The number of piperidine rings is 1. The molecule has 9 nitrogen and oxygen atoms in total. The first-order valence-electron chi connectivity index (χ1n) is 14.9. The summed E-state index contributed by atoms with van der Waals surface area (Å²) in [5.41, 5.74) is 4.03. The molecule has 2 aliphatic heterocycles. The smallest absolute Gasteiger partial charge is 0.410 e. The summed E-state index contributed by atoms with van der Waals surface area (Å²) < 4.78 is 31.8. The number of fused-ring (bicyclic) bond motifs is 1. The third-order valence-electron chi connectivity index (χ3n) is 8.02. The molecule has 2 saturated heterocycles. The molecule has 3 aromatic rings. The lowest BCUT2D eigenvalue weighted by Gasteiger charge is -2.35. The van der Waals surface area contributed by atoms with Gasteiger partial charge in [0.2, 0.25) is 10.0 Å². The van der Waals surface area contributed by atoms with Crippen molar-refractivity contribution in [3.63, 3.8) is 0 Å². The molecule has 1 aromatic heterocycles. The Balaban J connectivity index is 1.28. The SMILES string of the molecule is CCS(=O)(=O)N1CCC(Nc2cc(-c3cccc(CN4CCN(C(=O)OC(C)(C)C)CC4)c3)cc3ccncc23)CC1. The molecule has 0 unspecified atom stereocenters. The molecular formula is C32H43N5O4S. The molecule has 0 atom stereocenters. The van der Waals surface area contributed by atoms with E-state index in [1.807, 2.05) is 39.2 Å². The van der Waals surface area contributed by atoms with Crippen LogP contribution < -0.4 is 5.32 Å². The molecule has 226 valence electrons. The number of aromatic nitrogens is 1. The molecule has 1 amide bonds. The van der Waals surface area contributed by atoms with Crippen molar-refractivity contribution in [3.8, 4) is 11.1 Å². The fourth-order valence-corrected chi connectivity index (χ4v) is 6.82. The molecule has 2 fully saturated rings. The second-order valence-corrected chi connectivity index (χ2v) is 14.5. The van der Waals surface area contributed by atoms with E-state index >= 15 is 0 Å². The third kappa shape index (κ3) is 7.40. The molecule has 10 heteroatoms. The highest BCUT2D eigenvalue weighted by Gasteiger charge is 2.28. The van der Waals surface area contributed by atoms with Gasteiger partial charge < -0.3 is 15.0 Å². The Morgan fingerprint density at radius 2 is 1.74 bits per heavy atom. The first-order valence-corrected chi connectivity index (χ1v) is 16.5. The van der Waals surface area contributed by atoms with Crippen molar-refractivity contribution in [2.75, 3.05) is 50.3 Å². The van der Waals surface area contributed by atoms with Crippen LogP contribution in [0.4, 0.5) is 10.5 Å². The molecule has 42 heavy (non-hydrogen) atoms. The predicted octanol–water partition coefficient (Wildman–Crippen LogP) is 5.18. The number of pyridine rings is 1. The Morgan fingerprint density at radius 3 is 2.43 bits per heavy atom. The molecule has 1 N–H and O–H groups in total. The molecule has 0 bridgehead atoms. The van der Waals surface area contributed by atoms with Gasteiger partial charge in [0.05, 0.1) is 5.75 Å². The molecule has 0 aliphatic carbocycles. The summed E-state index contributed by atoms with van der Waals surface area (Å²) in [7, 11) is -3.15. The number of anilines is 1. The third-order valence-corrected chi connectivity index (χ3v) is 9.90. The van der Waals surface area contributed by atoms with Gasteiger partial charge in [0.15, 0.2) is 0 Å². The minimum absolute atomic E-state index is 0.144. The van der Waals surface area contributed by atoms with E-state index in [2.05, 4.69) is 51.6 Å². The number of carbonyl (C=O) groups excluding carboxylic acids is 1. The Kier molecular flexibility index (Phi) is 9.05. The zero-order chi connectivity index (χ0) is 29.9. The number of sulfonamides is 1. The van der Waals surface area contributed by atoms with Crippen molar-refractivity contribution < 1.29 is 17.9 Å². The van der Waals surface area contributed by atoms with Crippen LogP contribution in [-0.2, 0) is 21.3 Å². The highest BCUT2D eigenvalue weighted by molar-refractivity contribution is 7.89. The van der Waals surface area contributed by atoms with E-state index in [-0.39, 0.29) is 17.9 Å². The molecule has 2 aromatic carbocycles. The average molecular weight is 594 g/mol. The zero-order valence-corrected chi connectivity index (χ0v) is 26.0. The van der Waals surface area contributed by atoms with E-state index in [4.69, 9.17) is 4.74 Å². The first kappa shape index (κ1) is 30.3. The molecular weight excluding hydrogens is 550 g/mol. The number of hydrogen-bond donors (Lipinski definition) is 1. The lowest BCUT2D eigenvalue weighted by atomic mass is 9.98. The van der Waals surface area contributed by atoms with Crippen molar-refractivity contribution >= 4 is 32.6 Å². The second-order valence-electron chi connectivity index (χ2n) is 12.3. The van der Waals surface area contributed by atoms with Gasteiger partial charge >= 0.3 is 6.09 Å². The van der Waals surface area contributed by atoms with Gasteiger partial charge in [-0.25, -0.2) is 17.5 Å². The van der Waals surface area contributed by atoms with Crippen molar-refractivity contribution in [3.05, 3.63) is 60.4 Å². The maximum atomic E-state index is 12.4. The number of piperazine rings is 1. The van der Waals surface area contributed by atoms with E-state index in [1.54, 1.807) is 16.1 Å². The highest BCUT2D eigenvalue weighted by Crippen LogP contribution is 2.33. The van der Waals surface area contributed by atoms with E-state index in [9.17, 15) is 13.2 Å². The predicted molar refractivity (Wildman–Crippen MR) is 168 cm³/mol. The number of benzene rings is 2. The van der Waals surface area contributed by atoms with Gasteiger partial charge in [-0.3, -0.25) is 9.88 Å².